The van der Waals surface area contributed by atoms with E-state index in [1.807, 2.05) is 13.8 Å². The van der Waals surface area contributed by atoms with Gasteiger partial charge in [0, 0.05) is 49.7 Å². The molecule has 1 saturated heterocycles. The Labute approximate surface area is 200 Å². The molecule has 2 aromatic heterocycles. The minimum absolute atomic E-state index is 0.0205. The third-order valence-electron chi connectivity index (χ3n) is 6.81. The van der Waals surface area contributed by atoms with Crippen molar-refractivity contribution in [2.45, 2.75) is 46.0 Å². The van der Waals surface area contributed by atoms with Crippen LogP contribution >= 0.6 is 11.3 Å². The van der Waals surface area contributed by atoms with Crippen LogP contribution in [0.3, 0.4) is 0 Å². The number of nitrogens with one attached hydrogen (secondary N) is 1. The molecule has 3 aromatic rings. The molecule has 174 valence electrons. The summed E-state index contributed by atoms with van der Waals surface area (Å²) in [5, 5.41) is 4.19. The molecule has 6 nitrogen and oxygen atoms in total. The van der Waals surface area contributed by atoms with Gasteiger partial charge in [-0.3, -0.25) is 9.69 Å². The van der Waals surface area contributed by atoms with Crippen molar-refractivity contribution >= 4 is 33.1 Å². The van der Waals surface area contributed by atoms with Crippen LogP contribution in [0.5, 0.6) is 0 Å². The summed E-state index contributed by atoms with van der Waals surface area (Å²) in [5.74, 6) is 1.49. The average molecular weight is 464 g/mol. The standard InChI is InChI=1S/C26H33N5OS/c1-17-6-4-7-21(16-17)31-14-12-30(13-15-31)11-5-10-27-25(32)23-18(2)22-19(3)28-24(20-8-9-20)29-26(22)33-23/h4,6-7,16,20H,5,8-15H2,1-3H3,(H,27,32). The quantitative estimate of drug-likeness (QED) is 0.525. The summed E-state index contributed by atoms with van der Waals surface area (Å²) in [6.07, 6.45) is 3.33. The summed E-state index contributed by atoms with van der Waals surface area (Å²) < 4.78 is 0. The number of aromatic nitrogens is 2. The Morgan fingerprint density at radius 1 is 1.12 bits per heavy atom. The number of piperazine rings is 1. The average Bonchev–Trinajstić information content (AvgIpc) is 3.60. The number of hydrogen-bond donors (Lipinski definition) is 1. The number of amides is 1. The molecule has 0 unspecified atom stereocenters. The molecule has 1 aliphatic heterocycles. The molecule has 1 amide bonds. The molecule has 5 rings (SSSR count). The number of rotatable bonds is 7. The summed E-state index contributed by atoms with van der Waals surface area (Å²) in [4.78, 5) is 29.1. The molecule has 0 atom stereocenters. The zero-order valence-electron chi connectivity index (χ0n) is 19.9. The van der Waals surface area contributed by atoms with Crippen LogP contribution in [0.4, 0.5) is 5.69 Å². The lowest BCUT2D eigenvalue weighted by Gasteiger charge is -2.36. The van der Waals surface area contributed by atoms with Crippen molar-refractivity contribution in [1.29, 1.82) is 0 Å². The van der Waals surface area contributed by atoms with Crippen molar-refractivity contribution in [3.8, 4) is 0 Å². The van der Waals surface area contributed by atoms with Gasteiger partial charge < -0.3 is 10.2 Å². The van der Waals surface area contributed by atoms with Gasteiger partial charge in [-0.1, -0.05) is 12.1 Å². The third kappa shape index (κ3) is 4.89. The lowest BCUT2D eigenvalue weighted by Crippen LogP contribution is -2.47. The van der Waals surface area contributed by atoms with Gasteiger partial charge in [0.15, 0.2) is 0 Å². The summed E-state index contributed by atoms with van der Waals surface area (Å²) in [6, 6.07) is 8.75. The smallest absolute Gasteiger partial charge is 0.261 e. The van der Waals surface area contributed by atoms with Gasteiger partial charge in [-0.25, -0.2) is 9.97 Å². The first-order chi connectivity index (χ1) is 16.0. The highest BCUT2D eigenvalue weighted by molar-refractivity contribution is 7.20. The molecule has 1 saturated carbocycles. The van der Waals surface area contributed by atoms with Crippen molar-refractivity contribution < 1.29 is 4.79 Å². The molecule has 33 heavy (non-hydrogen) atoms. The molecule has 2 fully saturated rings. The van der Waals surface area contributed by atoms with Crippen molar-refractivity contribution in [2.24, 2.45) is 0 Å². The molecule has 1 N–H and O–H groups in total. The van der Waals surface area contributed by atoms with E-state index >= 15 is 0 Å². The van der Waals surface area contributed by atoms with Gasteiger partial charge in [-0.15, -0.1) is 11.3 Å². The van der Waals surface area contributed by atoms with E-state index in [1.54, 1.807) is 0 Å². The summed E-state index contributed by atoms with van der Waals surface area (Å²) in [6.45, 7) is 12.2. The molecular formula is C26H33N5OS. The van der Waals surface area contributed by atoms with E-state index in [9.17, 15) is 4.79 Å². The fourth-order valence-corrected chi connectivity index (χ4v) is 5.90. The second-order valence-electron chi connectivity index (χ2n) is 9.45. The fraction of sp³-hybridized carbons (Fsp3) is 0.500. The minimum atomic E-state index is 0.0205. The molecular weight excluding hydrogens is 430 g/mol. The third-order valence-corrected chi connectivity index (χ3v) is 8.00. The molecule has 1 aliphatic carbocycles. The van der Waals surface area contributed by atoms with Crippen LogP contribution in [0, 0.1) is 20.8 Å². The van der Waals surface area contributed by atoms with Crippen LogP contribution in [0.15, 0.2) is 24.3 Å². The first kappa shape index (κ1) is 22.3. The Balaban J connectivity index is 1.11. The lowest BCUT2D eigenvalue weighted by molar-refractivity contribution is 0.0955. The summed E-state index contributed by atoms with van der Waals surface area (Å²) >= 11 is 1.51. The van der Waals surface area contributed by atoms with Gasteiger partial charge in [0.2, 0.25) is 0 Å². The Hall–Kier alpha value is -2.51. The molecule has 0 radical (unpaired) electrons. The van der Waals surface area contributed by atoms with Crippen LogP contribution < -0.4 is 10.2 Å². The highest BCUT2D eigenvalue weighted by atomic mass is 32.1. The second-order valence-corrected chi connectivity index (χ2v) is 10.5. The predicted molar refractivity (Wildman–Crippen MR) is 136 cm³/mol. The van der Waals surface area contributed by atoms with Gasteiger partial charge in [0.25, 0.3) is 5.91 Å². The number of benzene rings is 1. The lowest BCUT2D eigenvalue weighted by atomic mass is 10.1. The maximum Gasteiger partial charge on any atom is 0.261 e. The van der Waals surface area contributed by atoms with E-state index in [2.05, 4.69) is 46.3 Å². The first-order valence-electron chi connectivity index (χ1n) is 12.1. The van der Waals surface area contributed by atoms with E-state index in [0.29, 0.717) is 12.5 Å². The highest BCUT2D eigenvalue weighted by Gasteiger charge is 2.28. The SMILES string of the molecule is Cc1cccc(N2CCN(CCCNC(=O)c3sc4nc(C5CC5)nc(C)c4c3C)CC2)c1. The van der Waals surface area contributed by atoms with E-state index in [-0.39, 0.29) is 5.91 Å². The molecule has 0 bridgehead atoms. The van der Waals surface area contributed by atoms with Crippen molar-refractivity contribution in [1.82, 2.24) is 20.2 Å². The Morgan fingerprint density at radius 2 is 1.91 bits per heavy atom. The number of fused-ring (bicyclic) bond motifs is 1. The van der Waals surface area contributed by atoms with E-state index in [1.165, 1.54) is 35.4 Å². The fourth-order valence-electron chi connectivity index (χ4n) is 4.74. The number of aryl methyl sites for hydroxylation is 3. The molecule has 7 heteroatoms. The molecule has 0 spiro atoms. The Kier molecular flexibility index (Phi) is 6.34. The van der Waals surface area contributed by atoms with Gasteiger partial charge in [-0.05, 0) is 69.8 Å². The molecule has 2 aliphatic rings. The van der Waals surface area contributed by atoms with Gasteiger partial charge >= 0.3 is 0 Å². The normalized spacial score (nSPS) is 17.0. The number of anilines is 1. The molecule has 1 aromatic carbocycles. The van der Waals surface area contributed by atoms with E-state index in [4.69, 9.17) is 9.97 Å². The first-order valence-corrected chi connectivity index (χ1v) is 12.9. The highest BCUT2D eigenvalue weighted by Crippen LogP contribution is 2.40. The van der Waals surface area contributed by atoms with Crippen molar-refractivity contribution in [3.63, 3.8) is 0 Å². The van der Waals surface area contributed by atoms with Crippen molar-refractivity contribution in [2.75, 3.05) is 44.2 Å². The zero-order chi connectivity index (χ0) is 22.9. The zero-order valence-corrected chi connectivity index (χ0v) is 20.7. The number of carbonyl (C=O) groups is 1. The van der Waals surface area contributed by atoms with Gasteiger partial charge in [0.1, 0.15) is 10.7 Å². The Morgan fingerprint density at radius 3 is 2.64 bits per heavy atom. The van der Waals surface area contributed by atoms with Gasteiger partial charge in [0.05, 0.1) is 10.6 Å². The molecule has 3 heterocycles. The predicted octanol–water partition coefficient (Wildman–Crippen LogP) is 4.44. The van der Waals surface area contributed by atoms with Crippen LogP contribution in [-0.4, -0.2) is 60.0 Å². The number of carbonyl (C=O) groups excluding carboxylic acids is 1. The maximum absolute atomic E-state index is 12.9. The van der Waals surface area contributed by atoms with Gasteiger partial charge in [-0.2, -0.15) is 0 Å². The van der Waals surface area contributed by atoms with Crippen LogP contribution in [0.2, 0.25) is 0 Å². The van der Waals surface area contributed by atoms with Crippen LogP contribution in [-0.2, 0) is 0 Å². The second kappa shape index (κ2) is 9.39. The number of thiophene rings is 1. The Bertz CT molecular complexity index is 1160. The topological polar surface area (TPSA) is 61.4 Å². The monoisotopic (exact) mass is 463 g/mol. The van der Waals surface area contributed by atoms with E-state index < -0.39 is 0 Å². The summed E-state index contributed by atoms with van der Waals surface area (Å²) in [5.41, 5.74) is 4.65. The minimum Gasteiger partial charge on any atom is -0.369 e. The maximum atomic E-state index is 12.9. The van der Waals surface area contributed by atoms with Crippen LogP contribution in [0.25, 0.3) is 10.2 Å². The largest absolute Gasteiger partial charge is 0.369 e. The summed E-state index contributed by atoms with van der Waals surface area (Å²) in [7, 11) is 0. The van der Waals surface area contributed by atoms with E-state index in [0.717, 1.165) is 71.3 Å². The number of nitrogens with zero attached hydrogens (tertiary/aromatic N) is 4. The number of hydrogen-bond acceptors (Lipinski definition) is 6. The van der Waals surface area contributed by atoms with Crippen LogP contribution in [0.1, 0.15) is 57.5 Å². The van der Waals surface area contributed by atoms with Crippen molar-refractivity contribution in [3.05, 3.63) is 51.8 Å².